The Morgan fingerprint density at radius 1 is 1.09 bits per heavy atom. The smallest absolute Gasteiger partial charge is 0.343 e. The Kier molecular flexibility index (Phi) is 7.83. The molecular weight excluding hydrogens is 428 g/mol. The third-order valence-electron chi connectivity index (χ3n) is 5.14. The van der Waals surface area contributed by atoms with Crippen LogP contribution in [0.25, 0.3) is 22.0 Å². The largest absolute Gasteiger partial charge is 0.346 e. The van der Waals surface area contributed by atoms with Gasteiger partial charge in [-0.2, -0.15) is 4.89 Å². The minimum Gasteiger partial charge on any atom is -0.343 e. The molecule has 1 aromatic heterocycles. The van der Waals surface area contributed by atoms with Crippen molar-refractivity contribution in [3.8, 4) is 11.1 Å². The van der Waals surface area contributed by atoms with Gasteiger partial charge in [0.05, 0.1) is 18.5 Å². The van der Waals surface area contributed by atoms with Gasteiger partial charge in [0, 0.05) is 24.5 Å². The van der Waals surface area contributed by atoms with Crippen LogP contribution in [0.2, 0.25) is 5.02 Å². The Labute approximate surface area is 193 Å². The van der Waals surface area contributed by atoms with E-state index in [4.69, 9.17) is 21.4 Å². The molecule has 0 unspecified atom stereocenters. The van der Waals surface area contributed by atoms with Gasteiger partial charge in [-0.15, -0.1) is 0 Å². The molecule has 0 saturated heterocycles. The zero-order valence-electron chi connectivity index (χ0n) is 18.8. The number of rotatable bonds is 8. The van der Waals surface area contributed by atoms with Crippen LogP contribution in [0.4, 0.5) is 0 Å². The molecule has 3 aromatic rings. The van der Waals surface area contributed by atoms with E-state index in [1.807, 2.05) is 38.1 Å². The van der Waals surface area contributed by atoms with Crippen molar-refractivity contribution in [3.63, 3.8) is 0 Å². The summed E-state index contributed by atoms with van der Waals surface area (Å²) in [6, 6.07) is 12.9. The summed E-state index contributed by atoms with van der Waals surface area (Å²) in [6.07, 6.45) is 1.82. The third-order valence-corrected chi connectivity index (χ3v) is 5.39. The number of pyridine rings is 1. The van der Waals surface area contributed by atoms with Crippen molar-refractivity contribution in [1.82, 2.24) is 9.88 Å². The molecule has 32 heavy (non-hydrogen) atoms. The molecule has 0 atom stereocenters. The number of aryl methyl sites for hydroxylation is 1. The molecule has 1 heterocycles. The number of hydrogen-bond donors (Lipinski definition) is 0. The lowest BCUT2D eigenvalue weighted by Crippen LogP contribution is -2.22. The second-order valence-corrected chi connectivity index (χ2v) is 8.26. The standard InChI is InChI=1S/C25H27ClN2O4/c1-5-6-13-31-32-23(29)15-20-16(2)14-22-19(11-12-21(27-22)25(30)28(3)4)24(20)17-7-9-18(26)10-8-17/h7-12,14H,5-6,13,15H2,1-4H3. The number of hydrogen-bond acceptors (Lipinski definition) is 5. The van der Waals surface area contributed by atoms with E-state index >= 15 is 0 Å². The Bertz CT molecular complexity index is 1130. The van der Waals surface area contributed by atoms with E-state index in [0.717, 1.165) is 40.5 Å². The molecule has 6 nitrogen and oxygen atoms in total. The number of aromatic nitrogens is 1. The van der Waals surface area contributed by atoms with Gasteiger partial charge in [0.25, 0.3) is 5.91 Å². The molecule has 0 saturated carbocycles. The predicted molar refractivity (Wildman–Crippen MR) is 126 cm³/mol. The minimum atomic E-state index is -0.467. The highest BCUT2D eigenvalue weighted by Crippen LogP contribution is 2.35. The highest BCUT2D eigenvalue weighted by Gasteiger charge is 2.19. The van der Waals surface area contributed by atoms with Crippen LogP contribution < -0.4 is 0 Å². The normalized spacial score (nSPS) is 10.9. The molecule has 2 aromatic carbocycles. The Balaban J connectivity index is 2.09. The summed E-state index contributed by atoms with van der Waals surface area (Å²) in [5.74, 6) is -0.638. The first kappa shape index (κ1) is 23.7. The van der Waals surface area contributed by atoms with Crippen LogP contribution in [0, 0.1) is 6.92 Å². The average Bonchev–Trinajstić information content (AvgIpc) is 2.77. The van der Waals surface area contributed by atoms with Gasteiger partial charge >= 0.3 is 5.97 Å². The Morgan fingerprint density at radius 2 is 1.81 bits per heavy atom. The van der Waals surface area contributed by atoms with Crippen LogP contribution in [0.1, 0.15) is 41.4 Å². The maximum absolute atomic E-state index is 12.5. The number of unbranched alkanes of at least 4 members (excludes halogenated alkanes) is 1. The van der Waals surface area contributed by atoms with E-state index in [1.54, 1.807) is 32.3 Å². The van der Waals surface area contributed by atoms with Gasteiger partial charge in [0.1, 0.15) is 5.69 Å². The number of fused-ring (bicyclic) bond motifs is 1. The summed E-state index contributed by atoms with van der Waals surface area (Å²) in [6.45, 7) is 4.32. The second-order valence-electron chi connectivity index (χ2n) is 7.82. The maximum atomic E-state index is 12.5. The van der Waals surface area contributed by atoms with Crippen LogP contribution in [0.3, 0.4) is 0 Å². The third kappa shape index (κ3) is 5.44. The Hall–Kier alpha value is -2.96. The summed E-state index contributed by atoms with van der Waals surface area (Å²) in [5.41, 5.74) is 4.48. The van der Waals surface area contributed by atoms with Crippen molar-refractivity contribution < 1.29 is 19.4 Å². The molecule has 1 amide bonds. The molecule has 0 fully saturated rings. The lowest BCUT2D eigenvalue weighted by atomic mass is 9.90. The number of benzene rings is 2. The fourth-order valence-electron chi connectivity index (χ4n) is 3.46. The number of carbonyl (C=O) groups excluding carboxylic acids is 2. The van der Waals surface area contributed by atoms with Crippen molar-refractivity contribution in [3.05, 3.63) is 64.3 Å². The van der Waals surface area contributed by atoms with Gasteiger partial charge in [-0.3, -0.25) is 9.68 Å². The highest BCUT2D eigenvalue weighted by molar-refractivity contribution is 6.30. The molecule has 0 aliphatic rings. The lowest BCUT2D eigenvalue weighted by Gasteiger charge is -2.17. The summed E-state index contributed by atoms with van der Waals surface area (Å²) in [5, 5.41) is 1.45. The van der Waals surface area contributed by atoms with Gasteiger partial charge in [-0.05, 0) is 65.9 Å². The summed E-state index contributed by atoms with van der Waals surface area (Å²) >= 11 is 6.10. The quantitative estimate of drug-likeness (QED) is 0.259. The fourth-order valence-corrected chi connectivity index (χ4v) is 3.58. The molecule has 0 spiro atoms. The van der Waals surface area contributed by atoms with Gasteiger partial charge in [0.15, 0.2) is 0 Å². The first-order valence-corrected chi connectivity index (χ1v) is 10.9. The monoisotopic (exact) mass is 454 g/mol. The number of nitrogens with zero attached hydrogens (tertiary/aromatic N) is 2. The van der Waals surface area contributed by atoms with Crippen LogP contribution in [-0.4, -0.2) is 42.5 Å². The lowest BCUT2D eigenvalue weighted by molar-refractivity contribution is -0.272. The van der Waals surface area contributed by atoms with E-state index in [2.05, 4.69) is 4.98 Å². The molecule has 0 aliphatic heterocycles. The topological polar surface area (TPSA) is 68.7 Å². The number of halogens is 1. The maximum Gasteiger partial charge on any atom is 0.346 e. The van der Waals surface area contributed by atoms with Crippen molar-refractivity contribution in [2.45, 2.75) is 33.1 Å². The van der Waals surface area contributed by atoms with E-state index < -0.39 is 5.97 Å². The Morgan fingerprint density at radius 3 is 2.47 bits per heavy atom. The fraction of sp³-hybridized carbons (Fsp3) is 0.320. The first-order chi connectivity index (χ1) is 15.3. The molecule has 0 radical (unpaired) electrons. The van der Waals surface area contributed by atoms with Crippen LogP contribution >= 0.6 is 11.6 Å². The summed E-state index contributed by atoms with van der Waals surface area (Å²) in [7, 11) is 3.38. The zero-order chi connectivity index (χ0) is 23.3. The van der Waals surface area contributed by atoms with Gasteiger partial charge in [0.2, 0.25) is 0 Å². The molecule has 168 valence electrons. The van der Waals surface area contributed by atoms with E-state index in [1.165, 1.54) is 4.90 Å². The molecule has 0 aliphatic carbocycles. The number of carbonyl (C=O) groups is 2. The van der Waals surface area contributed by atoms with Gasteiger partial charge in [-0.25, -0.2) is 9.78 Å². The van der Waals surface area contributed by atoms with Crippen LogP contribution in [-0.2, 0) is 21.0 Å². The first-order valence-electron chi connectivity index (χ1n) is 10.5. The van der Waals surface area contributed by atoms with E-state index in [9.17, 15) is 9.59 Å². The second kappa shape index (κ2) is 10.6. The summed E-state index contributed by atoms with van der Waals surface area (Å²) in [4.78, 5) is 41.0. The SMILES string of the molecule is CCCCOOC(=O)Cc1c(C)cc2nc(C(=O)N(C)C)ccc2c1-c1ccc(Cl)cc1. The van der Waals surface area contributed by atoms with Crippen molar-refractivity contribution in [2.75, 3.05) is 20.7 Å². The number of amides is 1. The van der Waals surface area contributed by atoms with Crippen LogP contribution in [0.5, 0.6) is 0 Å². The van der Waals surface area contributed by atoms with Crippen molar-refractivity contribution in [1.29, 1.82) is 0 Å². The molecule has 3 rings (SSSR count). The summed E-state index contributed by atoms with van der Waals surface area (Å²) < 4.78 is 0. The molecule has 7 heteroatoms. The van der Waals surface area contributed by atoms with Gasteiger partial charge < -0.3 is 4.90 Å². The van der Waals surface area contributed by atoms with Crippen LogP contribution in [0.15, 0.2) is 42.5 Å². The molecule has 0 bridgehead atoms. The van der Waals surface area contributed by atoms with E-state index in [-0.39, 0.29) is 12.3 Å². The van der Waals surface area contributed by atoms with Gasteiger partial charge in [-0.1, -0.05) is 37.1 Å². The predicted octanol–water partition coefficient (Wildman–Crippen LogP) is 5.38. The van der Waals surface area contributed by atoms with E-state index in [0.29, 0.717) is 22.8 Å². The highest BCUT2D eigenvalue weighted by atomic mass is 35.5. The average molecular weight is 455 g/mol. The zero-order valence-corrected chi connectivity index (χ0v) is 19.5. The molecule has 0 N–H and O–H groups in total. The van der Waals surface area contributed by atoms with Crippen molar-refractivity contribution >= 4 is 34.4 Å². The molecular formula is C25H27ClN2O4. The minimum absolute atomic E-state index is 0.0459. The van der Waals surface area contributed by atoms with Crippen molar-refractivity contribution in [2.24, 2.45) is 0 Å².